The number of hydrogen-bond acceptors (Lipinski definition) is 5. The molecule has 0 saturated carbocycles. The number of anilines is 2. The highest BCUT2D eigenvalue weighted by Gasteiger charge is 2.23. The summed E-state index contributed by atoms with van der Waals surface area (Å²) in [5.74, 6) is -0.503. The number of amides is 2. The summed E-state index contributed by atoms with van der Waals surface area (Å²) in [4.78, 5) is 31.4. The van der Waals surface area contributed by atoms with Crippen LogP contribution in [0.15, 0.2) is 76.5 Å². The van der Waals surface area contributed by atoms with Crippen LogP contribution in [0.3, 0.4) is 0 Å². The van der Waals surface area contributed by atoms with Gasteiger partial charge >= 0.3 is 0 Å². The van der Waals surface area contributed by atoms with Crippen molar-refractivity contribution in [1.82, 2.24) is 10.2 Å². The van der Waals surface area contributed by atoms with Crippen LogP contribution in [0.25, 0.3) is 6.08 Å². The van der Waals surface area contributed by atoms with Crippen molar-refractivity contribution in [2.75, 3.05) is 49.5 Å². The number of para-hydroxylation sites is 1. The number of carbonyl (C=O) groups is 2. The van der Waals surface area contributed by atoms with E-state index in [1.54, 1.807) is 18.2 Å². The zero-order chi connectivity index (χ0) is 26.5. The van der Waals surface area contributed by atoms with E-state index in [4.69, 9.17) is 0 Å². The largest absolute Gasteiger partial charge is 0.367 e. The fourth-order valence-corrected chi connectivity index (χ4v) is 5.57. The van der Waals surface area contributed by atoms with Gasteiger partial charge in [-0.2, -0.15) is 0 Å². The molecule has 5 rings (SSSR count). The minimum absolute atomic E-state index is 0.155. The summed E-state index contributed by atoms with van der Waals surface area (Å²) in [7, 11) is 0. The van der Waals surface area contributed by atoms with Crippen LogP contribution in [0.2, 0.25) is 0 Å². The van der Waals surface area contributed by atoms with Crippen molar-refractivity contribution in [3.8, 4) is 0 Å². The molecule has 0 bridgehead atoms. The van der Waals surface area contributed by atoms with Crippen molar-refractivity contribution in [3.63, 3.8) is 0 Å². The Morgan fingerprint density at radius 2 is 1.82 bits per heavy atom. The molecule has 196 valence electrons. The van der Waals surface area contributed by atoms with E-state index in [9.17, 15) is 14.0 Å². The molecular formula is C30H31FN4O2S. The molecule has 2 aliphatic rings. The first-order valence-corrected chi connectivity index (χ1v) is 13.7. The number of rotatable bonds is 7. The molecule has 1 fully saturated rings. The fourth-order valence-electron chi connectivity index (χ4n) is 4.64. The van der Waals surface area contributed by atoms with E-state index in [0.29, 0.717) is 28.4 Å². The lowest BCUT2D eigenvalue weighted by Gasteiger charge is -2.36. The van der Waals surface area contributed by atoms with Gasteiger partial charge in [-0.15, -0.1) is 0 Å². The molecule has 2 amide bonds. The summed E-state index contributed by atoms with van der Waals surface area (Å²) in [6.45, 7) is 6.77. The zero-order valence-electron chi connectivity index (χ0n) is 21.4. The van der Waals surface area contributed by atoms with E-state index in [-0.39, 0.29) is 17.6 Å². The molecule has 3 aromatic rings. The van der Waals surface area contributed by atoms with Crippen LogP contribution < -0.4 is 15.5 Å². The van der Waals surface area contributed by atoms with Crippen LogP contribution in [0.1, 0.15) is 27.9 Å². The highest BCUT2D eigenvalue weighted by atomic mass is 32.2. The molecule has 8 heteroatoms. The Bertz CT molecular complexity index is 1350. The van der Waals surface area contributed by atoms with E-state index in [2.05, 4.69) is 20.4 Å². The second-order valence-electron chi connectivity index (χ2n) is 9.58. The van der Waals surface area contributed by atoms with E-state index in [1.165, 1.54) is 23.4 Å². The Hall–Kier alpha value is -3.62. The van der Waals surface area contributed by atoms with Crippen molar-refractivity contribution in [3.05, 3.63) is 94.1 Å². The lowest BCUT2D eigenvalue weighted by atomic mass is 10.1. The van der Waals surface area contributed by atoms with E-state index >= 15 is 0 Å². The minimum atomic E-state index is -0.178. The first-order chi connectivity index (χ1) is 18.5. The van der Waals surface area contributed by atoms with Gasteiger partial charge in [-0.25, -0.2) is 4.39 Å². The van der Waals surface area contributed by atoms with Gasteiger partial charge in [0.1, 0.15) is 5.82 Å². The van der Waals surface area contributed by atoms with Crippen LogP contribution in [-0.4, -0.2) is 56.0 Å². The Morgan fingerprint density at radius 3 is 2.58 bits per heavy atom. The summed E-state index contributed by atoms with van der Waals surface area (Å²) in [5, 5.41) is 5.91. The molecule has 0 aliphatic carbocycles. The van der Waals surface area contributed by atoms with Gasteiger partial charge in [0.15, 0.2) is 0 Å². The van der Waals surface area contributed by atoms with E-state index < -0.39 is 0 Å². The molecule has 1 saturated heterocycles. The number of carbonyl (C=O) groups excluding carboxylic acids is 2. The van der Waals surface area contributed by atoms with Crippen LogP contribution in [0.5, 0.6) is 0 Å². The second-order valence-corrected chi connectivity index (χ2v) is 10.7. The molecule has 0 radical (unpaired) electrons. The summed E-state index contributed by atoms with van der Waals surface area (Å²) in [6.07, 6.45) is 2.71. The van der Waals surface area contributed by atoms with Gasteiger partial charge in [0.25, 0.3) is 11.8 Å². The van der Waals surface area contributed by atoms with Crippen LogP contribution in [0.4, 0.5) is 15.8 Å². The fraction of sp³-hybridized carbons (Fsp3) is 0.267. The van der Waals surface area contributed by atoms with Gasteiger partial charge in [0, 0.05) is 43.2 Å². The molecule has 0 unspecified atom stereocenters. The van der Waals surface area contributed by atoms with Crippen LogP contribution in [-0.2, 0) is 4.79 Å². The Morgan fingerprint density at radius 1 is 1.05 bits per heavy atom. The zero-order valence-corrected chi connectivity index (χ0v) is 22.2. The Balaban J connectivity index is 1.08. The molecule has 0 spiro atoms. The Labute approximate surface area is 226 Å². The standard InChI is InChI=1S/C30H31FN4O2S/c1-21-7-9-22(10-8-21)19-28-30(37)33-25-20-23(11-12-27(25)38-28)29(36)32-13-4-14-34-15-17-35(18-16-34)26-6-3-2-5-24(26)31/h2-3,5-12,19-20H,4,13-18H2,1H3,(H,32,36)(H,33,37)/b28-19+. The number of hydrogen-bond donors (Lipinski definition) is 2. The molecule has 0 atom stereocenters. The summed E-state index contributed by atoms with van der Waals surface area (Å²) in [6, 6.07) is 20.3. The first-order valence-electron chi connectivity index (χ1n) is 12.9. The first kappa shape index (κ1) is 26.0. The molecule has 3 aromatic carbocycles. The maximum atomic E-state index is 14.0. The van der Waals surface area contributed by atoms with Crippen molar-refractivity contribution in [1.29, 1.82) is 0 Å². The van der Waals surface area contributed by atoms with E-state index in [0.717, 1.165) is 49.6 Å². The molecular weight excluding hydrogens is 499 g/mol. The number of aryl methyl sites for hydroxylation is 1. The number of piperazine rings is 1. The smallest absolute Gasteiger partial charge is 0.262 e. The quantitative estimate of drug-likeness (QED) is 0.326. The monoisotopic (exact) mass is 530 g/mol. The third-order valence-corrected chi connectivity index (χ3v) is 7.91. The maximum absolute atomic E-state index is 14.0. The lowest BCUT2D eigenvalue weighted by Crippen LogP contribution is -2.47. The molecule has 0 aromatic heterocycles. The van der Waals surface area contributed by atoms with Crippen molar-refractivity contribution >= 4 is 41.0 Å². The van der Waals surface area contributed by atoms with Gasteiger partial charge in [0.2, 0.25) is 0 Å². The highest BCUT2D eigenvalue weighted by molar-refractivity contribution is 8.04. The lowest BCUT2D eigenvalue weighted by molar-refractivity contribution is -0.112. The number of nitrogens with one attached hydrogen (secondary N) is 2. The van der Waals surface area contributed by atoms with E-state index in [1.807, 2.05) is 55.5 Å². The van der Waals surface area contributed by atoms with Crippen LogP contribution >= 0.6 is 11.8 Å². The minimum Gasteiger partial charge on any atom is -0.367 e. The van der Waals surface area contributed by atoms with Gasteiger partial charge in [0.05, 0.1) is 16.3 Å². The molecule has 6 nitrogen and oxygen atoms in total. The van der Waals surface area contributed by atoms with Crippen molar-refractivity contribution in [2.24, 2.45) is 0 Å². The molecule has 2 aliphatic heterocycles. The summed E-state index contributed by atoms with van der Waals surface area (Å²) < 4.78 is 14.0. The number of halogens is 1. The molecule has 38 heavy (non-hydrogen) atoms. The second kappa shape index (κ2) is 11.8. The normalized spacial score (nSPS) is 16.7. The summed E-state index contributed by atoms with van der Waals surface area (Å²) in [5.41, 5.74) is 3.98. The van der Waals surface area contributed by atoms with Gasteiger partial charge in [-0.05, 0) is 61.9 Å². The van der Waals surface area contributed by atoms with Crippen molar-refractivity contribution in [2.45, 2.75) is 18.2 Å². The van der Waals surface area contributed by atoms with Gasteiger partial charge in [-0.1, -0.05) is 53.7 Å². The molecule has 2 N–H and O–H groups in total. The highest BCUT2D eigenvalue weighted by Crippen LogP contribution is 2.39. The predicted molar refractivity (Wildman–Crippen MR) is 152 cm³/mol. The topological polar surface area (TPSA) is 64.7 Å². The number of nitrogens with zero attached hydrogens (tertiary/aromatic N) is 2. The number of thioether (sulfide) groups is 1. The third-order valence-electron chi connectivity index (χ3n) is 6.81. The predicted octanol–water partition coefficient (Wildman–Crippen LogP) is 5.16. The number of benzene rings is 3. The number of fused-ring (bicyclic) bond motifs is 1. The average molecular weight is 531 g/mol. The maximum Gasteiger partial charge on any atom is 0.262 e. The third kappa shape index (κ3) is 6.26. The average Bonchev–Trinajstić information content (AvgIpc) is 2.93. The van der Waals surface area contributed by atoms with Crippen LogP contribution in [0, 0.1) is 12.7 Å². The Kier molecular flexibility index (Phi) is 8.10. The van der Waals surface area contributed by atoms with Gasteiger partial charge in [-0.3, -0.25) is 14.5 Å². The van der Waals surface area contributed by atoms with Crippen molar-refractivity contribution < 1.29 is 14.0 Å². The van der Waals surface area contributed by atoms with Gasteiger partial charge < -0.3 is 15.5 Å². The SMILES string of the molecule is Cc1ccc(/C=C2/Sc3ccc(C(=O)NCCCN4CCN(c5ccccc5F)CC4)cc3NC2=O)cc1. The molecule has 2 heterocycles. The summed E-state index contributed by atoms with van der Waals surface area (Å²) >= 11 is 1.41.